The number of nitrogens with one attached hydrogen (secondary N) is 1. The van der Waals surface area contributed by atoms with Gasteiger partial charge in [0.25, 0.3) is 0 Å². The Morgan fingerprint density at radius 3 is 1.94 bits per heavy atom. The van der Waals surface area contributed by atoms with Crippen molar-refractivity contribution in [1.29, 1.82) is 0 Å². The maximum atomic E-state index is 13.3. The number of H-pyrrole nitrogens is 1. The minimum atomic E-state index is -1.41. The van der Waals surface area contributed by atoms with Crippen molar-refractivity contribution in [1.82, 2.24) is 10.2 Å². The molecule has 5 rings (SSSR count). The molecule has 0 amide bonds. The standard InChI is InChI=1S/C28H23ClN2O4/c29-22-13-11-21(12-14-22)24-15-25(31-30-24)23-16-28(23,26(32)34-17-19-7-3-1-4-8-19)27(33)35-18-20-9-5-2-6-10-20/h1-15,23H,16-18H2,(H,30,31). The van der Waals surface area contributed by atoms with Gasteiger partial charge in [-0.3, -0.25) is 14.7 Å². The highest BCUT2D eigenvalue weighted by Gasteiger charge is 2.69. The summed E-state index contributed by atoms with van der Waals surface area (Å²) < 4.78 is 11.2. The second-order valence-corrected chi connectivity index (χ2v) is 9.00. The molecule has 35 heavy (non-hydrogen) atoms. The molecule has 0 saturated heterocycles. The third-order valence-corrected chi connectivity index (χ3v) is 6.48. The minimum Gasteiger partial charge on any atom is -0.460 e. The SMILES string of the molecule is O=C(OCc1ccccc1)C1(C(=O)OCc2ccccc2)CC1c1cc(-c2ccc(Cl)cc2)n[nH]1. The summed E-state index contributed by atoms with van der Waals surface area (Å²) in [5.41, 5.74) is 2.54. The number of aromatic amines is 1. The van der Waals surface area contributed by atoms with Crippen LogP contribution in [0.3, 0.4) is 0 Å². The van der Waals surface area contributed by atoms with Gasteiger partial charge in [-0.15, -0.1) is 0 Å². The smallest absolute Gasteiger partial charge is 0.324 e. The summed E-state index contributed by atoms with van der Waals surface area (Å²) in [4.78, 5) is 26.6. The fraction of sp³-hybridized carbons (Fsp3) is 0.179. The van der Waals surface area contributed by atoms with E-state index in [-0.39, 0.29) is 19.6 Å². The fourth-order valence-corrected chi connectivity index (χ4v) is 4.29. The van der Waals surface area contributed by atoms with Gasteiger partial charge in [-0.05, 0) is 35.7 Å². The lowest BCUT2D eigenvalue weighted by atomic mass is 10.0. The Bertz CT molecular complexity index is 1260. The molecule has 1 saturated carbocycles. The predicted octanol–water partition coefficient (Wildman–Crippen LogP) is 5.69. The van der Waals surface area contributed by atoms with Crippen LogP contribution < -0.4 is 0 Å². The van der Waals surface area contributed by atoms with Crippen molar-refractivity contribution in [2.75, 3.05) is 0 Å². The molecule has 0 aliphatic heterocycles. The number of rotatable bonds is 8. The molecule has 1 fully saturated rings. The molecule has 7 heteroatoms. The third kappa shape index (κ3) is 4.84. The van der Waals surface area contributed by atoms with Gasteiger partial charge in [-0.25, -0.2) is 0 Å². The zero-order valence-corrected chi connectivity index (χ0v) is 19.6. The molecule has 1 atom stereocenters. The number of esters is 2. The van der Waals surface area contributed by atoms with Crippen molar-refractivity contribution in [2.24, 2.45) is 5.41 Å². The van der Waals surface area contributed by atoms with E-state index in [1.807, 2.05) is 78.9 Å². The molecule has 1 aromatic heterocycles. The largest absolute Gasteiger partial charge is 0.460 e. The van der Waals surface area contributed by atoms with Crippen LogP contribution in [0.5, 0.6) is 0 Å². The first-order chi connectivity index (χ1) is 17.1. The number of hydrogen-bond acceptors (Lipinski definition) is 5. The Kier molecular flexibility index (Phi) is 6.38. The number of halogens is 1. The van der Waals surface area contributed by atoms with Gasteiger partial charge in [0, 0.05) is 22.2 Å². The summed E-state index contributed by atoms with van der Waals surface area (Å²) in [7, 11) is 0. The first-order valence-corrected chi connectivity index (χ1v) is 11.7. The Morgan fingerprint density at radius 2 is 1.40 bits per heavy atom. The van der Waals surface area contributed by atoms with Gasteiger partial charge in [0.05, 0.1) is 5.69 Å². The van der Waals surface area contributed by atoms with Crippen LogP contribution in [-0.4, -0.2) is 22.1 Å². The molecular formula is C28H23ClN2O4. The van der Waals surface area contributed by atoms with Crippen LogP contribution in [-0.2, 0) is 32.3 Å². The molecule has 1 aliphatic rings. The second kappa shape index (κ2) is 9.76. The molecule has 1 unspecified atom stereocenters. The highest BCUT2D eigenvalue weighted by Crippen LogP contribution is 2.61. The summed E-state index contributed by atoms with van der Waals surface area (Å²) in [6.45, 7) is 0.165. The molecule has 0 bridgehead atoms. The van der Waals surface area contributed by atoms with Crippen molar-refractivity contribution in [3.8, 4) is 11.3 Å². The number of aromatic nitrogens is 2. The van der Waals surface area contributed by atoms with Gasteiger partial charge in [0.1, 0.15) is 13.2 Å². The quantitative estimate of drug-likeness (QED) is 0.255. The zero-order chi connectivity index (χ0) is 24.3. The van der Waals surface area contributed by atoms with Crippen LogP contribution in [0.4, 0.5) is 0 Å². The highest BCUT2D eigenvalue weighted by molar-refractivity contribution is 6.30. The summed E-state index contributed by atoms with van der Waals surface area (Å²) in [6.07, 6.45) is 0.288. The molecule has 176 valence electrons. The van der Waals surface area contributed by atoms with Crippen molar-refractivity contribution in [3.05, 3.63) is 113 Å². The van der Waals surface area contributed by atoms with Gasteiger partial charge >= 0.3 is 11.9 Å². The molecular weight excluding hydrogens is 464 g/mol. The lowest BCUT2D eigenvalue weighted by Gasteiger charge is -2.16. The van der Waals surface area contributed by atoms with E-state index in [0.717, 1.165) is 16.7 Å². The average molecular weight is 487 g/mol. The van der Waals surface area contributed by atoms with Crippen LogP contribution in [0.25, 0.3) is 11.3 Å². The van der Waals surface area contributed by atoms with Crippen LogP contribution in [0.2, 0.25) is 5.02 Å². The summed E-state index contributed by atoms with van der Waals surface area (Å²) in [5, 5.41) is 8.00. The van der Waals surface area contributed by atoms with Crippen molar-refractivity contribution >= 4 is 23.5 Å². The Hall–Kier alpha value is -3.90. The zero-order valence-electron chi connectivity index (χ0n) is 18.8. The van der Waals surface area contributed by atoms with Gasteiger partial charge in [-0.1, -0.05) is 84.4 Å². The molecule has 1 heterocycles. The van der Waals surface area contributed by atoms with Crippen LogP contribution >= 0.6 is 11.6 Å². The van der Waals surface area contributed by atoms with E-state index in [0.29, 0.717) is 16.4 Å². The molecule has 1 N–H and O–H groups in total. The number of nitrogens with zero attached hydrogens (tertiary/aromatic N) is 1. The minimum absolute atomic E-state index is 0.0824. The van der Waals surface area contributed by atoms with Gasteiger partial charge < -0.3 is 9.47 Å². The molecule has 4 aromatic rings. The lowest BCUT2D eigenvalue weighted by molar-refractivity contribution is -0.166. The number of hydrogen-bond donors (Lipinski definition) is 1. The van der Waals surface area contributed by atoms with Crippen LogP contribution in [0.15, 0.2) is 91.0 Å². The number of carbonyl (C=O) groups is 2. The highest BCUT2D eigenvalue weighted by atomic mass is 35.5. The van der Waals surface area contributed by atoms with Crippen molar-refractivity contribution in [3.63, 3.8) is 0 Å². The first kappa shape index (κ1) is 22.9. The Labute approximate surface area is 207 Å². The van der Waals surface area contributed by atoms with E-state index in [1.165, 1.54) is 0 Å². The van der Waals surface area contributed by atoms with E-state index >= 15 is 0 Å². The first-order valence-electron chi connectivity index (χ1n) is 11.3. The Morgan fingerprint density at radius 1 is 0.857 bits per heavy atom. The molecule has 0 spiro atoms. The van der Waals surface area contributed by atoms with Crippen LogP contribution in [0.1, 0.15) is 29.2 Å². The van der Waals surface area contributed by atoms with Crippen LogP contribution in [0, 0.1) is 5.41 Å². The van der Waals surface area contributed by atoms with E-state index in [4.69, 9.17) is 21.1 Å². The Balaban J connectivity index is 1.36. The van der Waals surface area contributed by atoms with Gasteiger partial charge in [0.15, 0.2) is 5.41 Å². The molecule has 1 aliphatic carbocycles. The number of carbonyl (C=O) groups excluding carboxylic acids is 2. The van der Waals surface area contributed by atoms with Gasteiger partial charge in [-0.2, -0.15) is 5.10 Å². The number of benzene rings is 3. The summed E-state index contributed by atoms with van der Waals surface area (Å²) >= 11 is 5.99. The maximum absolute atomic E-state index is 13.3. The van der Waals surface area contributed by atoms with E-state index in [9.17, 15) is 9.59 Å². The second-order valence-electron chi connectivity index (χ2n) is 8.57. The van der Waals surface area contributed by atoms with Crippen molar-refractivity contribution < 1.29 is 19.1 Å². The normalized spacial score (nSPS) is 15.9. The van der Waals surface area contributed by atoms with Gasteiger partial charge in [0.2, 0.25) is 0 Å². The fourth-order valence-electron chi connectivity index (χ4n) is 4.16. The summed E-state index contributed by atoms with van der Waals surface area (Å²) in [6, 6.07) is 27.9. The monoisotopic (exact) mass is 486 g/mol. The average Bonchev–Trinajstić information content (AvgIpc) is 3.48. The lowest BCUT2D eigenvalue weighted by Crippen LogP contribution is -2.31. The van der Waals surface area contributed by atoms with E-state index in [2.05, 4.69) is 10.2 Å². The summed E-state index contributed by atoms with van der Waals surface area (Å²) in [5.74, 6) is -1.60. The van der Waals surface area contributed by atoms with E-state index < -0.39 is 23.3 Å². The maximum Gasteiger partial charge on any atom is 0.324 e. The molecule has 3 aromatic carbocycles. The van der Waals surface area contributed by atoms with E-state index in [1.54, 1.807) is 12.1 Å². The van der Waals surface area contributed by atoms with Crippen molar-refractivity contribution in [2.45, 2.75) is 25.6 Å². The molecule has 6 nitrogen and oxygen atoms in total. The predicted molar refractivity (Wildman–Crippen MR) is 131 cm³/mol. The number of ether oxygens (including phenoxy) is 2. The molecule has 0 radical (unpaired) electrons. The topological polar surface area (TPSA) is 81.3 Å². The third-order valence-electron chi connectivity index (χ3n) is 6.23.